The lowest BCUT2D eigenvalue weighted by Gasteiger charge is -2.25. The van der Waals surface area contributed by atoms with E-state index < -0.39 is 4.92 Å². The largest absolute Gasteiger partial charge is 0.364 e. The normalized spacial score (nSPS) is 11.4. The van der Waals surface area contributed by atoms with Gasteiger partial charge in [0.15, 0.2) is 0 Å². The van der Waals surface area contributed by atoms with Gasteiger partial charge in [-0.15, -0.1) is 0 Å². The summed E-state index contributed by atoms with van der Waals surface area (Å²) in [6.45, 7) is 11.2. The number of hydrogen-bond donors (Lipinski definition) is 1. The molecule has 5 nitrogen and oxygen atoms in total. The van der Waals surface area contributed by atoms with Crippen LogP contribution in [-0.4, -0.2) is 16.5 Å². The zero-order valence-electron chi connectivity index (χ0n) is 12.3. The first-order chi connectivity index (χ1) is 8.82. The number of rotatable bonds is 6. The van der Waals surface area contributed by atoms with Gasteiger partial charge in [-0.05, 0) is 30.7 Å². The summed E-state index contributed by atoms with van der Waals surface area (Å²) in [7, 11) is 0. The Balaban J connectivity index is 2.87. The Labute approximate surface area is 114 Å². The second kappa shape index (κ2) is 6.50. The minimum absolute atomic E-state index is 0.0388. The first kappa shape index (κ1) is 15.4. The number of nitro groups is 1. The van der Waals surface area contributed by atoms with Gasteiger partial charge >= 0.3 is 5.69 Å². The Morgan fingerprint density at radius 2 is 1.84 bits per heavy atom. The maximum atomic E-state index is 11.0. The van der Waals surface area contributed by atoms with Gasteiger partial charge in [0.05, 0.1) is 4.92 Å². The number of pyridine rings is 1. The van der Waals surface area contributed by atoms with E-state index in [4.69, 9.17) is 0 Å². The van der Waals surface area contributed by atoms with Crippen molar-refractivity contribution in [2.24, 2.45) is 17.8 Å². The Kier molecular flexibility index (Phi) is 5.27. The van der Waals surface area contributed by atoms with Gasteiger partial charge in [-0.3, -0.25) is 10.1 Å². The van der Waals surface area contributed by atoms with Crippen molar-refractivity contribution in [3.05, 3.63) is 27.9 Å². The third-order valence-electron chi connectivity index (χ3n) is 3.43. The molecule has 0 aliphatic heterocycles. The van der Waals surface area contributed by atoms with Crippen molar-refractivity contribution in [3.63, 3.8) is 0 Å². The minimum Gasteiger partial charge on any atom is -0.364 e. The third kappa shape index (κ3) is 4.19. The van der Waals surface area contributed by atoms with Gasteiger partial charge in [0.25, 0.3) is 0 Å². The molecule has 0 fully saturated rings. The molecule has 0 aliphatic carbocycles. The quantitative estimate of drug-likeness (QED) is 0.630. The lowest BCUT2D eigenvalue weighted by Crippen LogP contribution is -2.25. The summed E-state index contributed by atoms with van der Waals surface area (Å²) in [5.74, 6) is 1.88. The summed E-state index contributed by atoms with van der Waals surface area (Å²) in [6.07, 6.45) is 0. The maximum absolute atomic E-state index is 11.0. The maximum Gasteiger partial charge on any atom is 0.311 e. The van der Waals surface area contributed by atoms with Crippen LogP contribution in [-0.2, 0) is 0 Å². The van der Waals surface area contributed by atoms with Crippen LogP contribution >= 0.6 is 0 Å². The van der Waals surface area contributed by atoms with Crippen molar-refractivity contribution in [1.29, 1.82) is 0 Å². The van der Waals surface area contributed by atoms with Crippen LogP contribution in [0.1, 0.15) is 33.4 Å². The highest BCUT2D eigenvalue weighted by atomic mass is 16.6. The van der Waals surface area contributed by atoms with E-state index in [1.807, 2.05) is 6.92 Å². The van der Waals surface area contributed by atoms with Crippen molar-refractivity contribution < 1.29 is 4.92 Å². The molecule has 1 aromatic rings. The molecule has 0 aromatic carbocycles. The molecule has 0 amide bonds. The Morgan fingerprint density at radius 1 is 1.26 bits per heavy atom. The summed E-state index contributed by atoms with van der Waals surface area (Å²) in [5.41, 5.74) is 0.815. The topological polar surface area (TPSA) is 68.1 Å². The predicted molar refractivity (Wildman–Crippen MR) is 77.3 cm³/mol. The summed E-state index contributed by atoms with van der Waals surface area (Å²) in [4.78, 5) is 14.8. The van der Waals surface area contributed by atoms with Crippen LogP contribution in [0.15, 0.2) is 12.1 Å². The third-order valence-corrected chi connectivity index (χ3v) is 3.43. The SMILES string of the molecule is Cc1ccc([N+](=O)[O-])c(NCC(C(C)C)C(C)C)n1. The molecular formula is C14H23N3O2. The highest BCUT2D eigenvalue weighted by Gasteiger charge is 2.20. The van der Waals surface area contributed by atoms with Crippen LogP contribution in [0.4, 0.5) is 11.5 Å². The first-order valence-electron chi connectivity index (χ1n) is 6.68. The molecule has 0 aliphatic rings. The highest BCUT2D eigenvalue weighted by molar-refractivity contribution is 5.56. The molecule has 1 rings (SSSR count). The molecule has 19 heavy (non-hydrogen) atoms. The van der Waals surface area contributed by atoms with Gasteiger partial charge in [-0.1, -0.05) is 27.7 Å². The Morgan fingerprint density at radius 3 is 2.32 bits per heavy atom. The average molecular weight is 265 g/mol. The van der Waals surface area contributed by atoms with E-state index in [1.165, 1.54) is 6.07 Å². The molecule has 0 atom stereocenters. The van der Waals surface area contributed by atoms with Crippen LogP contribution in [0.25, 0.3) is 0 Å². The molecule has 1 heterocycles. The van der Waals surface area contributed by atoms with E-state index in [-0.39, 0.29) is 5.69 Å². The number of hydrogen-bond acceptors (Lipinski definition) is 4. The van der Waals surface area contributed by atoms with Gasteiger partial charge < -0.3 is 5.32 Å². The molecule has 106 valence electrons. The fourth-order valence-electron chi connectivity index (χ4n) is 2.28. The van der Waals surface area contributed by atoms with Crippen molar-refractivity contribution in [1.82, 2.24) is 4.98 Å². The molecular weight excluding hydrogens is 242 g/mol. The van der Waals surface area contributed by atoms with Crippen molar-refractivity contribution in [2.75, 3.05) is 11.9 Å². The highest BCUT2D eigenvalue weighted by Crippen LogP contribution is 2.25. The van der Waals surface area contributed by atoms with Crippen molar-refractivity contribution in [2.45, 2.75) is 34.6 Å². The zero-order valence-corrected chi connectivity index (χ0v) is 12.3. The number of aromatic nitrogens is 1. The lowest BCUT2D eigenvalue weighted by atomic mass is 9.85. The number of aryl methyl sites for hydroxylation is 1. The Bertz CT molecular complexity index is 436. The Hall–Kier alpha value is -1.65. The number of anilines is 1. The second-order valence-corrected chi connectivity index (χ2v) is 5.61. The molecule has 0 unspecified atom stereocenters. The second-order valence-electron chi connectivity index (χ2n) is 5.61. The molecule has 0 saturated carbocycles. The van der Waals surface area contributed by atoms with Crippen LogP contribution in [0, 0.1) is 34.8 Å². The van der Waals surface area contributed by atoms with Crippen LogP contribution in [0.5, 0.6) is 0 Å². The lowest BCUT2D eigenvalue weighted by molar-refractivity contribution is -0.384. The van der Waals surface area contributed by atoms with E-state index in [9.17, 15) is 10.1 Å². The standard InChI is InChI=1S/C14H23N3O2/c1-9(2)12(10(3)4)8-15-14-13(17(18)19)7-6-11(5)16-14/h6-7,9-10,12H,8H2,1-5H3,(H,15,16). The molecule has 0 saturated heterocycles. The monoisotopic (exact) mass is 265 g/mol. The molecule has 1 aromatic heterocycles. The summed E-state index contributed by atoms with van der Waals surface area (Å²) < 4.78 is 0. The fourth-order valence-corrected chi connectivity index (χ4v) is 2.28. The van der Waals surface area contributed by atoms with Crippen LogP contribution < -0.4 is 5.32 Å². The molecule has 1 N–H and O–H groups in total. The molecule has 5 heteroatoms. The number of nitrogens with zero attached hydrogens (tertiary/aromatic N) is 2. The first-order valence-corrected chi connectivity index (χ1v) is 6.68. The van der Waals surface area contributed by atoms with Gasteiger partial charge in [0.2, 0.25) is 5.82 Å². The van der Waals surface area contributed by atoms with E-state index in [0.29, 0.717) is 30.1 Å². The van der Waals surface area contributed by atoms with E-state index >= 15 is 0 Å². The van der Waals surface area contributed by atoms with E-state index in [2.05, 4.69) is 38.0 Å². The average Bonchev–Trinajstić information content (AvgIpc) is 2.27. The molecule has 0 radical (unpaired) electrons. The van der Waals surface area contributed by atoms with Crippen LogP contribution in [0.2, 0.25) is 0 Å². The van der Waals surface area contributed by atoms with Crippen LogP contribution in [0.3, 0.4) is 0 Å². The van der Waals surface area contributed by atoms with Crippen molar-refractivity contribution >= 4 is 11.5 Å². The zero-order chi connectivity index (χ0) is 14.6. The predicted octanol–water partition coefficient (Wildman–Crippen LogP) is 3.64. The van der Waals surface area contributed by atoms with E-state index in [0.717, 1.165) is 5.69 Å². The summed E-state index contributed by atoms with van der Waals surface area (Å²) >= 11 is 0. The molecule has 0 bridgehead atoms. The smallest absolute Gasteiger partial charge is 0.311 e. The van der Waals surface area contributed by atoms with E-state index in [1.54, 1.807) is 6.07 Å². The van der Waals surface area contributed by atoms with Gasteiger partial charge in [-0.25, -0.2) is 4.98 Å². The van der Waals surface area contributed by atoms with Crippen molar-refractivity contribution in [3.8, 4) is 0 Å². The summed E-state index contributed by atoms with van der Waals surface area (Å²) in [6, 6.07) is 3.16. The van der Waals surface area contributed by atoms with Gasteiger partial charge in [-0.2, -0.15) is 0 Å². The number of nitrogens with one attached hydrogen (secondary N) is 1. The molecule has 0 spiro atoms. The fraction of sp³-hybridized carbons (Fsp3) is 0.643. The minimum atomic E-state index is -0.394. The summed E-state index contributed by atoms with van der Waals surface area (Å²) in [5, 5.41) is 14.1. The van der Waals surface area contributed by atoms with Gasteiger partial charge in [0.1, 0.15) is 0 Å². The van der Waals surface area contributed by atoms with Gasteiger partial charge in [0, 0.05) is 18.3 Å².